The van der Waals surface area contributed by atoms with Gasteiger partial charge in [-0.05, 0) is 0 Å². The number of hydrogen-bond donors (Lipinski definition) is 0. The van der Waals surface area contributed by atoms with E-state index in [1.54, 1.807) is 0 Å². The molecule has 2 aromatic rings. The minimum absolute atomic E-state index is 1.04. The van der Waals surface area contributed by atoms with Crippen molar-refractivity contribution >= 4 is 33.1 Å². The summed E-state index contributed by atoms with van der Waals surface area (Å²) in [4.78, 5) is 7.12. The Morgan fingerprint density at radius 1 is 1.07 bits per heavy atom. The molecule has 1 aromatic carbocycles. The van der Waals surface area contributed by atoms with Gasteiger partial charge in [-0.3, -0.25) is 0 Å². The maximum atomic E-state index is 5.88. The quantitative estimate of drug-likeness (QED) is 0.736. The molecule has 2 rings (SSSR count). The second-order valence-electron chi connectivity index (χ2n) is 4.90. The van der Waals surface area contributed by atoms with E-state index in [1.807, 2.05) is 0 Å². The Morgan fingerprint density at radius 3 is 2.43 bits per heavy atom. The SMILES string of the molecule is Cc1ccc2o[c]([Sn]([CH3])([CH3])[CH3])cc2c1. The van der Waals surface area contributed by atoms with Crippen LogP contribution in [-0.2, 0) is 0 Å². The fraction of sp³-hybridized carbons (Fsp3) is 0.333. The zero-order chi connectivity index (χ0) is 10.3. The van der Waals surface area contributed by atoms with Crippen molar-refractivity contribution in [3.63, 3.8) is 0 Å². The first-order chi connectivity index (χ1) is 6.47. The van der Waals surface area contributed by atoms with Crippen molar-refractivity contribution in [1.29, 1.82) is 0 Å². The van der Waals surface area contributed by atoms with E-state index in [9.17, 15) is 0 Å². The second-order valence-corrected chi connectivity index (χ2v) is 19.2. The average molecular weight is 295 g/mol. The molecule has 0 aliphatic rings. The summed E-state index contributed by atoms with van der Waals surface area (Å²) in [6.07, 6.45) is 0. The van der Waals surface area contributed by atoms with E-state index in [-0.39, 0.29) is 0 Å². The Hall–Kier alpha value is -0.441. The normalized spacial score (nSPS) is 12.3. The van der Waals surface area contributed by atoms with Crippen molar-refractivity contribution in [3.05, 3.63) is 29.8 Å². The molecule has 0 amide bonds. The van der Waals surface area contributed by atoms with Gasteiger partial charge in [-0.25, -0.2) is 0 Å². The third-order valence-electron chi connectivity index (χ3n) is 2.41. The minimum atomic E-state index is -2.01. The van der Waals surface area contributed by atoms with Gasteiger partial charge in [0.25, 0.3) is 0 Å². The van der Waals surface area contributed by atoms with Gasteiger partial charge in [0.05, 0.1) is 0 Å². The molecule has 1 aromatic heterocycles. The van der Waals surface area contributed by atoms with Gasteiger partial charge < -0.3 is 0 Å². The van der Waals surface area contributed by atoms with Crippen LogP contribution in [0.5, 0.6) is 0 Å². The summed E-state index contributed by atoms with van der Waals surface area (Å²) in [5, 5.41) is 1.26. The van der Waals surface area contributed by atoms with Crippen LogP contribution < -0.4 is 3.78 Å². The van der Waals surface area contributed by atoms with Gasteiger partial charge in [0.1, 0.15) is 0 Å². The van der Waals surface area contributed by atoms with Crippen molar-refractivity contribution < 1.29 is 4.42 Å². The van der Waals surface area contributed by atoms with E-state index < -0.39 is 18.4 Å². The summed E-state index contributed by atoms with van der Waals surface area (Å²) in [5.41, 5.74) is 2.34. The van der Waals surface area contributed by atoms with Crippen LogP contribution in [0.2, 0.25) is 14.8 Å². The standard InChI is InChI=1S/C9H7O.3CH3.Sn/c1-7-2-3-9-8(6-7)4-5-10-9;;;;/h2-4,6H,1H3;3*1H3;. The van der Waals surface area contributed by atoms with Crippen molar-refractivity contribution in [3.8, 4) is 0 Å². The van der Waals surface area contributed by atoms with Gasteiger partial charge in [0.2, 0.25) is 0 Å². The van der Waals surface area contributed by atoms with Crippen molar-refractivity contribution in [2.45, 2.75) is 21.7 Å². The summed E-state index contributed by atoms with van der Waals surface area (Å²) in [6, 6.07) is 8.61. The number of aryl methyl sites for hydroxylation is 1. The summed E-state index contributed by atoms with van der Waals surface area (Å²) in [5.74, 6) is 0. The van der Waals surface area contributed by atoms with Crippen molar-refractivity contribution in [2.75, 3.05) is 0 Å². The van der Waals surface area contributed by atoms with Gasteiger partial charge in [-0.15, -0.1) is 0 Å². The first kappa shape index (κ1) is 10.1. The van der Waals surface area contributed by atoms with Crippen LogP contribution in [-0.4, -0.2) is 18.4 Å². The summed E-state index contributed by atoms with van der Waals surface area (Å²) in [6.45, 7) is 2.12. The molecule has 0 aliphatic heterocycles. The predicted molar refractivity (Wildman–Crippen MR) is 63.9 cm³/mol. The monoisotopic (exact) mass is 296 g/mol. The van der Waals surface area contributed by atoms with Crippen molar-refractivity contribution in [1.82, 2.24) is 0 Å². The molecule has 2 heteroatoms. The van der Waals surface area contributed by atoms with Crippen LogP contribution in [0.25, 0.3) is 11.0 Å². The molecule has 0 aliphatic carbocycles. The zero-order valence-corrected chi connectivity index (χ0v) is 12.1. The molecule has 0 fully saturated rings. The maximum absolute atomic E-state index is 5.88. The Labute approximate surface area is 89.0 Å². The molecule has 0 spiro atoms. The molecule has 0 unspecified atom stereocenters. The van der Waals surface area contributed by atoms with Crippen LogP contribution in [0.15, 0.2) is 28.7 Å². The van der Waals surface area contributed by atoms with E-state index >= 15 is 0 Å². The van der Waals surface area contributed by atoms with Crippen LogP contribution >= 0.6 is 0 Å². The first-order valence-electron chi connectivity index (χ1n) is 4.97. The molecule has 14 heavy (non-hydrogen) atoms. The summed E-state index contributed by atoms with van der Waals surface area (Å²) < 4.78 is 7.14. The molecule has 1 heterocycles. The van der Waals surface area contributed by atoms with E-state index in [2.05, 4.69) is 46.0 Å². The third kappa shape index (κ3) is 1.83. The van der Waals surface area contributed by atoms with E-state index in [1.165, 1.54) is 14.7 Å². The topological polar surface area (TPSA) is 13.1 Å². The molecule has 1 nitrogen and oxygen atoms in total. The van der Waals surface area contributed by atoms with Gasteiger partial charge in [-0.2, -0.15) is 0 Å². The fourth-order valence-electron chi connectivity index (χ4n) is 1.53. The Balaban J connectivity index is 2.63. The Morgan fingerprint density at radius 2 is 1.79 bits per heavy atom. The summed E-state index contributed by atoms with van der Waals surface area (Å²) >= 11 is -2.01. The summed E-state index contributed by atoms with van der Waals surface area (Å²) in [7, 11) is 0. The average Bonchev–Trinajstić information content (AvgIpc) is 2.45. The molecular weight excluding hydrogens is 279 g/mol. The Kier molecular flexibility index (Phi) is 2.38. The van der Waals surface area contributed by atoms with E-state index in [4.69, 9.17) is 4.42 Å². The molecular formula is C12H16OSn. The van der Waals surface area contributed by atoms with Crippen LogP contribution in [0.3, 0.4) is 0 Å². The number of benzene rings is 1. The molecule has 0 atom stereocenters. The molecule has 0 saturated heterocycles. The van der Waals surface area contributed by atoms with Gasteiger partial charge >= 0.3 is 89.1 Å². The van der Waals surface area contributed by atoms with Crippen LogP contribution in [0.1, 0.15) is 5.56 Å². The third-order valence-corrected chi connectivity index (χ3v) is 7.33. The molecule has 0 N–H and O–H groups in total. The van der Waals surface area contributed by atoms with Crippen molar-refractivity contribution in [2.24, 2.45) is 0 Å². The van der Waals surface area contributed by atoms with Crippen LogP contribution in [0.4, 0.5) is 0 Å². The van der Waals surface area contributed by atoms with Gasteiger partial charge in [0.15, 0.2) is 0 Å². The van der Waals surface area contributed by atoms with Gasteiger partial charge in [-0.1, -0.05) is 0 Å². The van der Waals surface area contributed by atoms with Gasteiger partial charge in [0, 0.05) is 0 Å². The molecule has 0 saturated carbocycles. The van der Waals surface area contributed by atoms with E-state index in [0.29, 0.717) is 0 Å². The first-order valence-corrected chi connectivity index (χ1v) is 15.0. The number of hydrogen-bond acceptors (Lipinski definition) is 1. The predicted octanol–water partition coefficient (Wildman–Crippen LogP) is 3.29. The Bertz CT molecular complexity index is 463. The molecule has 74 valence electrons. The number of rotatable bonds is 1. The molecule has 0 radical (unpaired) electrons. The number of fused-ring (bicyclic) bond motifs is 1. The molecule has 0 bridgehead atoms. The van der Waals surface area contributed by atoms with E-state index in [0.717, 1.165) is 5.58 Å². The second kappa shape index (κ2) is 3.30. The van der Waals surface area contributed by atoms with Crippen LogP contribution in [0, 0.1) is 6.92 Å². The zero-order valence-electron chi connectivity index (χ0n) is 9.22. The fourth-order valence-corrected chi connectivity index (χ4v) is 4.40. The number of furan rings is 1.